The number of hydrogen-bond acceptors (Lipinski definition) is 7. The van der Waals surface area contributed by atoms with Crippen LogP contribution >= 0.6 is 0 Å². The number of ether oxygens (including phenoxy) is 2. The van der Waals surface area contributed by atoms with Gasteiger partial charge in [-0.15, -0.1) is 0 Å². The summed E-state index contributed by atoms with van der Waals surface area (Å²) in [5, 5.41) is 8.89. The van der Waals surface area contributed by atoms with Crippen molar-refractivity contribution in [3.63, 3.8) is 0 Å². The van der Waals surface area contributed by atoms with Crippen LogP contribution in [0.5, 0.6) is 0 Å². The van der Waals surface area contributed by atoms with E-state index < -0.39 is 53.7 Å². The molecule has 8 heteroatoms. The van der Waals surface area contributed by atoms with Crippen LogP contribution in [-0.4, -0.2) is 40.4 Å². The number of carboxylic acids is 1. The van der Waals surface area contributed by atoms with Crippen molar-refractivity contribution in [3.8, 4) is 0 Å². The van der Waals surface area contributed by atoms with Gasteiger partial charge in [0.1, 0.15) is 30.0 Å². The average Bonchev–Trinajstić information content (AvgIpc) is 2.24. The Hall–Kier alpha value is -2.51. The monoisotopic (exact) mass is 300 g/mol. The first-order valence-corrected chi connectivity index (χ1v) is 5.83. The molecule has 0 aromatic carbocycles. The molecule has 0 heterocycles. The number of carbonyl (C=O) groups is 5. The van der Waals surface area contributed by atoms with Crippen molar-refractivity contribution in [1.29, 1.82) is 0 Å². The van der Waals surface area contributed by atoms with Crippen LogP contribution in [-0.2, 0) is 33.4 Å². The maximum atomic E-state index is 11.5. The van der Waals surface area contributed by atoms with Crippen molar-refractivity contribution in [2.45, 2.75) is 39.4 Å². The standard InChI is InChI=1S/C13H16O8/c1-7(14)5-10(16)20-13(4,9(3)12(18)19)21-11(17)6-8(2)15/h3,5-6H2,1-2,4H3,(H,18,19). The van der Waals surface area contributed by atoms with Gasteiger partial charge in [-0.3, -0.25) is 19.2 Å². The predicted octanol–water partition coefficient (Wildman–Crippen LogP) is 0.388. The van der Waals surface area contributed by atoms with Crippen molar-refractivity contribution >= 4 is 29.5 Å². The summed E-state index contributed by atoms with van der Waals surface area (Å²) in [6.07, 6.45) is -1.24. The summed E-state index contributed by atoms with van der Waals surface area (Å²) >= 11 is 0. The molecule has 0 unspecified atom stereocenters. The van der Waals surface area contributed by atoms with E-state index in [2.05, 4.69) is 6.58 Å². The summed E-state index contributed by atoms with van der Waals surface area (Å²) in [6.45, 7) is 6.42. The molecule has 0 aromatic heterocycles. The van der Waals surface area contributed by atoms with Gasteiger partial charge >= 0.3 is 17.9 Å². The van der Waals surface area contributed by atoms with E-state index in [4.69, 9.17) is 14.6 Å². The van der Waals surface area contributed by atoms with Crippen molar-refractivity contribution in [1.82, 2.24) is 0 Å². The maximum absolute atomic E-state index is 11.5. The Labute approximate surface area is 120 Å². The fourth-order valence-corrected chi connectivity index (χ4v) is 1.25. The molecule has 8 nitrogen and oxygen atoms in total. The van der Waals surface area contributed by atoms with Crippen LogP contribution in [0.2, 0.25) is 0 Å². The van der Waals surface area contributed by atoms with Gasteiger partial charge in [0.25, 0.3) is 5.79 Å². The van der Waals surface area contributed by atoms with Crippen LogP contribution in [0.3, 0.4) is 0 Å². The molecule has 0 amide bonds. The maximum Gasteiger partial charge on any atom is 0.338 e. The second kappa shape index (κ2) is 7.32. The number of carbonyl (C=O) groups excluding carboxylic acids is 4. The first kappa shape index (κ1) is 18.5. The minimum Gasteiger partial charge on any atom is -0.478 e. The Morgan fingerprint density at radius 1 is 0.952 bits per heavy atom. The molecule has 1 N–H and O–H groups in total. The zero-order chi connectivity index (χ0) is 16.8. The third-order valence-electron chi connectivity index (χ3n) is 2.21. The Bertz CT molecular complexity index is 472. The number of Topliss-reactive ketones (excluding diaryl/α,β-unsaturated/α-hetero) is 2. The summed E-state index contributed by atoms with van der Waals surface area (Å²) in [5.41, 5.74) is -0.726. The fourth-order valence-electron chi connectivity index (χ4n) is 1.25. The van der Waals surface area contributed by atoms with Gasteiger partial charge < -0.3 is 14.6 Å². The molecule has 0 saturated carbocycles. The van der Waals surface area contributed by atoms with Crippen LogP contribution in [0.1, 0.15) is 33.6 Å². The number of aliphatic carboxylic acids is 1. The number of hydrogen-bond donors (Lipinski definition) is 1. The van der Waals surface area contributed by atoms with E-state index in [1.165, 1.54) is 0 Å². The SMILES string of the molecule is C=C(C(=O)O)C(C)(OC(=O)CC(C)=O)OC(=O)CC(C)=O. The lowest BCUT2D eigenvalue weighted by Crippen LogP contribution is -2.41. The Kier molecular flexibility index (Phi) is 6.44. The molecule has 0 atom stereocenters. The van der Waals surface area contributed by atoms with Gasteiger partial charge in [0, 0.05) is 6.92 Å². The highest BCUT2D eigenvalue weighted by Gasteiger charge is 2.40. The Morgan fingerprint density at radius 3 is 1.52 bits per heavy atom. The van der Waals surface area contributed by atoms with Crippen molar-refractivity contribution < 1.29 is 38.6 Å². The van der Waals surface area contributed by atoms with Crippen LogP contribution in [0, 0.1) is 0 Å². The van der Waals surface area contributed by atoms with Crippen molar-refractivity contribution in [2.75, 3.05) is 0 Å². The molecular weight excluding hydrogens is 284 g/mol. The van der Waals surface area contributed by atoms with E-state index in [1.807, 2.05) is 0 Å². The minimum absolute atomic E-state index is 0.515. The highest BCUT2D eigenvalue weighted by Crippen LogP contribution is 2.24. The summed E-state index contributed by atoms with van der Waals surface area (Å²) in [6, 6.07) is 0. The number of rotatable bonds is 8. The minimum atomic E-state index is -2.30. The second-order valence-electron chi connectivity index (χ2n) is 4.44. The van der Waals surface area contributed by atoms with Crippen molar-refractivity contribution in [3.05, 3.63) is 12.2 Å². The second-order valence-corrected chi connectivity index (χ2v) is 4.44. The highest BCUT2D eigenvalue weighted by molar-refractivity contribution is 5.96. The van der Waals surface area contributed by atoms with Gasteiger partial charge in [0.05, 0.1) is 0 Å². The lowest BCUT2D eigenvalue weighted by atomic mass is 10.1. The number of carboxylic acid groups (broad SMARTS) is 1. The Balaban J connectivity index is 5.19. The van der Waals surface area contributed by atoms with Gasteiger partial charge in [-0.2, -0.15) is 0 Å². The van der Waals surface area contributed by atoms with E-state index in [1.54, 1.807) is 0 Å². The molecule has 0 bridgehead atoms. The van der Waals surface area contributed by atoms with Crippen LogP contribution in [0.4, 0.5) is 0 Å². The smallest absolute Gasteiger partial charge is 0.338 e. The summed E-state index contributed by atoms with van der Waals surface area (Å²) < 4.78 is 9.46. The summed E-state index contributed by atoms with van der Waals surface area (Å²) in [7, 11) is 0. The van der Waals surface area contributed by atoms with E-state index in [0.717, 1.165) is 20.8 Å². The first-order valence-electron chi connectivity index (χ1n) is 5.83. The molecule has 0 aliphatic carbocycles. The third kappa shape index (κ3) is 6.46. The van der Waals surface area contributed by atoms with E-state index in [0.29, 0.717) is 0 Å². The quantitative estimate of drug-likeness (QED) is 0.295. The van der Waals surface area contributed by atoms with Crippen LogP contribution in [0.25, 0.3) is 0 Å². The fraction of sp³-hybridized carbons (Fsp3) is 0.462. The molecule has 0 aromatic rings. The molecule has 0 fully saturated rings. The largest absolute Gasteiger partial charge is 0.478 e. The van der Waals surface area contributed by atoms with Crippen molar-refractivity contribution in [2.24, 2.45) is 0 Å². The molecule has 0 spiro atoms. The van der Waals surface area contributed by atoms with Gasteiger partial charge in [0.15, 0.2) is 0 Å². The third-order valence-corrected chi connectivity index (χ3v) is 2.21. The zero-order valence-corrected chi connectivity index (χ0v) is 11.9. The zero-order valence-electron chi connectivity index (χ0n) is 11.9. The average molecular weight is 300 g/mol. The summed E-state index contributed by atoms with van der Waals surface area (Å²) in [5.74, 6) is -7.06. The molecule has 0 aliphatic heterocycles. The lowest BCUT2D eigenvalue weighted by molar-refractivity contribution is -0.210. The van der Waals surface area contributed by atoms with E-state index in [9.17, 15) is 24.0 Å². The molecule has 0 radical (unpaired) electrons. The molecule has 0 rings (SSSR count). The Morgan fingerprint density at radius 2 is 1.29 bits per heavy atom. The molecule has 0 aliphatic rings. The number of esters is 2. The number of ketones is 2. The first-order chi connectivity index (χ1) is 9.47. The normalized spacial score (nSPS) is 10.4. The topological polar surface area (TPSA) is 124 Å². The lowest BCUT2D eigenvalue weighted by Gasteiger charge is -2.28. The van der Waals surface area contributed by atoms with Crippen LogP contribution in [0.15, 0.2) is 12.2 Å². The van der Waals surface area contributed by atoms with Gasteiger partial charge in [-0.25, -0.2) is 4.79 Å². The molecule has 0 saturated heterocycles. The van der Waals surface area contributed by atoms with Gasteiger partial charge in [-0.1, -0.05) is 6.58 Å². The van der Waals surface area contributed by atoms with E-state index in [-0.39, 0.29) is 0 Å². The molecule has 21 heavy (non-hydrogen) atoms. The molecule has 116 valence electrons. The summed E-state index contributed by atoms with van der Waals surface area (Å²) in [4.78, 5) is 55.5. The highest BCUT2D eigenvalue weighted by atomic mass is 16.7. The van der Waals surface area contributed by atoms with Crippen LogP contribution < -0.4 is 0 Å². The van der Waals surface area contributed by atoms with E-state index >= 15 is 0 Å². The molecular formula is C13H16O8. The van der Waals surface area contributed by atoms with Gasteiger partial charge in [-0.05, 0) is 13.8 Å². The predicted molar refractivity (Wildman–Crippen MR) is 68.0 cm³/mol. The van der Waals surface area contributed by atoms with Gasteiger partial charge in [0.2, 0.25) is 0 Å².